The van der Waals surface area contributed by atoms with Gasteiger partial charge in [-0.2, -0.15) is 5.10 Å². The van der Waals surface area contributed by atoms with Crippen molar-refractivity contribution in [1.82, 2.24) is 24.6 Å². The highest BCUT2D eigenvalue weighted by Gasteiger charge is 2.23. The van der Waals surface area contributed by atoms with Gasteiger partial charge in [-0.15, -0.1) is 0 Å². The standard InChI is InChI=1S/C21H25N5O2/c1-14-10-26(11-15(2)28-14)13-19(27)6-18-7-21-16(8-22-18)4-5-20(24-21)17-9-23-25(3)12-17/h4-5,7-9,12,14-15H,6,10-11,13H2,1-3H3/t14-,15+. The normalized spacial score (nSPS) is 20.5. The van der Waals surface area contributed by atoms with E-state index in [1.807, 2.05) is 45.3 Å². The van der Waals surface area contributed by atoms with Crippen molar-refractivity contribution in [3.8, 4) is 11.3 Å². The number of aromatic nitrogens is 4. The van der Waals surface area contributed by atoms with Gasteiger partial charge in [0, 0.05) is 49.2 Å². The zero-order chi connectivity index (χ0) is 19.7. The predicted molar refractivity (Wildman–Crippen MR) is 107 cm³/mol. The van der Waals surface area contributed by atoms with Crippen molar-refractivity contribution >= 4 is 16.7 Å². The Morgan fingerprint density at radius 1 is 1.21 bits per heavy atom. The average molecular weight is 379 g/mol. The maximum atomic E-state index is 12.6. The summed E-state index contributed by atoms with van der Waals surface area (Å²) in [6.45, 7) is 6.10. The van der Waals surface area contributed by atoms with Crippen molar-refractivity contribution in [2.75, 3.05) is 19.6 Å². The number of rotatable bonds is 5. The van der Waals surface area contributed by atoms with E-state index in [4.69, 9.17) is 9.72 Å². The number of ether oxygens (including phenoxy) is 1. The summed E-state index contributed by atoms with van der Waals surface area (Å²) in [6.07, 6.45) is 6.15. The zero-order valence-corrected chi connectivity index (χ0v) is 16.5. The minimum Gasteiger partial charge on any atom is -0.373 e. The van der Waals surface area contributed by atoms with Gasteiger partial charge in [-0.3, -0.25) is 19.4 Å². The molecule has 28 heavy (non-hydrogen) atoms. The monoisotopic (exact) mass is 379 g/mol. The summed E-state index contributed by atoms with van der Waals surface area (Å²) < 4.78 is 7.49. The molecule has 0 amide bonds. The SMILES string of the molecule is C[C@@H]1CN(CC(=O)Cc2cc3nc(-c4cnn(C)c4)ccc3cn2)C[C@H](C)O1. The van der Waals surface area contributed by atoms with Crippen molar-refractivity contribution in [2.45, 2.75) is 32.5 Å². The van der Waals surface area contributed by atoms with E-state index in [9.17, 15) is 4.79 Å². The van der Waals surface area contributed by atoms with Gasteiger partial charge in [-0.25, -0.2) is 4.98 Å². The third kappa shape index (κ3) is 4.26. The van der Waals surface area contributed by atoms with E-state index in [2.05, 4.69) is 15.0 Å². The van der Waals surface area contributed by atoms with Crippen LogP contribution in [0.2, 0.25) is 0 Å². The molecule has 3 aromatic heterocycles. The molecular weight excluding hydrogens is 354 g/mol. The Morgan fingerprint density at radius 3 is 2.71 bits per heavy atom. The molecule has 4 heterocycles. The topological polar surface area (TPSA) is 73.1 Å². The first kappa shape index (κ1) is 18.7. The Hall–Kier alpha value is -2.64. The molecule has 4 rings (SSSR count). The highest BCUT2D eigenvalue weighted by molar-refractivity contribution is 5.85. The molecule has 0 unspecified atom stereocenters. The molecule has 1 saturated heterocycles. The van der Waals surface area contributed by atoms with Crippen LogP contribution in [0.4, 0.5) is 0 Å². The number of fused-ring (bicyclic) bond motifs is 1. The Balaban J connectivity index is 1.48. The molecular formula is C21H25N5O2. The lowest BCUT2D eigenvalue weighted by atomic mass is 10.1. The zero-order valence-electron chi connectivity index (χ0n) is 16.5. The van der Waals surface area contributed by atoms with Gasteiger partial charge in [0.1, 0.15) is 0 Å². The lowest BCUT2D eigenvalue weighted by Crippen LogP contribution is -2.47. The van der Waals surface area contributed by atoms with Gasteiger partial charge in [-0.05, 0) is 32.0 Å². The minimum absolute atomic E-state index is 0.158. The van der Waals surface area contributed by atoms with Crippen molar-refractivity contribution in [2.24, 2.45) is 7.05 Å². The molecule has 7 heteroatoms. The number of pyridine rings is 2. The Labute approximate surface area is 164 Å². The fourth-order valence-corrected chi connectivity index (χ4v) is 3.79. The van der Waals surface area contributed by atoms with E-state index in [-0.39, 0.29) is 18.0 Å². The van der Waals surface area contributed by atoms with Crippen LogP contribution in [0, 0.1) is 0 Å². The van der Waals surface area contributed by atoms with Gasteiger partial charge >= 0.3 is 0 Å². The summed E-state index contributed by atoms with van der Waals surface area (Å²) in [4.78, 5) is 23.9. The Bertz CT molecular complexity index is 989. The van der Waals surface area contributed by atoms with E-state index in [0.717, 1.165) is 40.9 Å². The maximum Gasteiger partial charge on any atom is 0.152 e. The van der Waals surface area contributed by atoms with Gasteiger partial charge in [0.25, 0.3) is 0 Å². The molecule has 146 valence electrons. The van der Waals surface area contributed by atoms with Crippen molar-refractivity contribution < 1.29 is 9.53 Å². The number of carbonyl (C=O) groups is 1. The molecule has 3 aromatic rings. The number of aryl methyl sites for hydroxylation is 1. The van der Waals surface area contributed by atoms with E-state index < -0.39 is 0 Å². The predicted octanol–water partition coefficient (Wildman–Crippen LogP) is 2.25. The molecule has 2 atom stereocenters. The fourth-order valence-electron chi connectivity index (χ4n) is 3.79. The summed E-state index contributed by atoms with van der Waals surface area (Å²) in [6, 6.07) is 5.88. The van der Waals surface area contributed by atoms with Gasteiger partial charge in [0.2, 0.25) is 0 Å². The van der Waals surface area contributed by atoms with Crippen LogP contribution in [0.15, 0.2) is 36.8 Å². The first-order chi connectivity index (χ1) is 13.5. The summed E-state index contributed by atoms with van der Waals surface area (Å²) in [5, 5.41) is 5.16. The van der Waals surface area contributed by atoms with E-state index >= 15 is 0 Å². The van der Waals surface area contributed by atoms with Crippen molar-refractivity contribution in [3.05, 3.63) is 42.5 Å². The van der Waals surface area contributed by atoms with Crippen LogP contribution in [0.5, 0.6) is 0 Å². The van der Waals surface area contributed by atoms with Crippen molar-refractivity contribution in [1.29, 1.82) is 0 Å². The third-order valence-electron chi connectivity index (χ3n) is 4.90. The second-order valence-corrected chi connectivity index (χ2v) is 7.63. The highest BCUT2D eigenvalue weighted by Crippen LogP contribution is 2.20. The number of carbonyl (C=O) groups excluding carboxylic acids is 1. The fraction of sp³-hybridized carbons (Fsp3) is 0.429. The van der Waals surface area contributed by atoms with E-state index in [0.29, 0.717) is 13.0 Å². The molecule has 0 radical (unpaired) electrons. The van der Waals surface area contributed by atoms with Gasteiger partial charge in [0.15, 0.2) is 5.78 Å². The lowest BCUT2D eigenvalue weighted by molar-refractivity contribution is -0.123. The largest absolute Gasteiger partial charge is 0.373 e. The maximum absolute atomic E-state index is 12.6. The van der Waals surface area contributed by atoms with Gasteiger partial charge in [-0.1, -0.05) is 0 Å². The summed E-state index contributed by atoms with van der Waals surface area (Å²) >= 11 is 0. The van der Waals surface area contributed by atoms with Crippen LogP contribution in [0.25, 0.3) is 22.2 Å². The van der Waals surface area contributed by atoms with Crippen LogP contribution in [0.3, 0.4) is 0 Å². The molecule has 7 nitrogen and oxygen atoms in total. The van der Waals surface area contributed by atoms with E-state index in [1.54, 1.807) is 17.1 Å². The smallest absolute Gasteiger partial charge is 0.152 e. The molecule has 0 saturated carbocycles. The number of morpholine rings is 1. The molecule has 1 aliphatic rings. The van der Waals surface area contributed by atoms with Crippen LogP contribution < -0.4 is 0 Å². The summed E-state index contributed by atoms with van der Waals surface area (Å²) in [7, 11) is 1.88. The number of hydrogen-bond donors (Lipinski definition) is 0. The summed E-state index contributed by atoms with van der Waals surface area (Å²) in [5.41, 5.74) is 3.42. The van der Waals surface area contributed by atoms with E-state index in [1.165, 1.54) is 0 Å². The van der Waals surface area contributed by atoms with Gasteiger partial charge < -0.3 is 4.74 Å². The van der Waals surface area contributed by atoms with Crippen molar-refractivity contribution in [3.63, 3.8) is 0 Å². The van der Waals surface area contributed by atoms with Crippen LogP contribution in [-0.4, -0.2) is 62.3 Å². The molecule has 1 aliphatic heterocycles. The third-order valence-corrected chi connectivity index (χ3v) is 4.90. The highest BCUT2D eigenvalue weighted by atomic mass is 16.5. The molecule has 0 spiro atoms. The van der Waals surface area contributed by atoms with Gasteiger partial charge in [0.05, 0.1) is 42.6 Å². The molecule has 0 aromatic carbocycles. The molecule has 1 fully saturated rings. The molecule has 0 aliphatic carbocycles. The molecule has 0 bridgehead atoms. The Kier molecular flexibility index (Phi) is 5.19. The number of Topliss-reactive ketones (excluding diaryl/α,β-unsaturated/α-hetero) is 1. The second kappa shape index (κ2) is 7.77. The minimum atomic E-state index is 0.158. The van der Waals surface area contributed by atoms with Crippen LogP contribution in [0.1, 0.15) is 19.5 Å². The first-order valence-corrected chi connectivity index (χ1v) is 9.60. The first-order valence-electron chi connectivity index (χ1n) is 9.60. The Morgan fingerprint density at radius 2 is 2.00 bits per heavy atom. The second-order valence-electron chi connectivity index (χ2n) is 7.63. The molecule has 0 N–H and O–H groups in total. The number of ketones is 1. The number of hydrogen-bond acceptors (Lipinski definition) is 6. The number of nitrogens with zero attached hydrogens (tertiary/aromatic N) is 5. The quantitative estimate of drug-likeness (QED) is 0.677. The average Bonchev–Trinajstić information content (AvgIpc) is 3.06. The summed E-state index contributed by atoms with van der Waals surface area (Å²) in [5.74, 6) is 0.163. The van der Waals surface area contributed by atoms with Crippen LogP contribution in [-0.2, 0) is 23.0 Å². The lowest BCUT2D eigenvalue weighted by Gasteiger charge is -2.34. The van der Waals surface area contributed by atoms with Crippen LogP contribution >= 0.6 is 0 Å².